The SMILES string of the molecule is CN(c1cc2ccccc2cn1)C1CCN(C(=O)OC(C)(C)C)CC1. The largest absolute Gasteiger partial charge is 0.444 e. The number of piperidine rings is 1. The van der Waals surface area contributed by atoms with Gasteiger partial charge in [0.25, 0.3) is 0 Å². The fraction of sp³-hybridized carbons (Fsp3) is 0.500. The van der Waals surface area contributed by atoms with Crippen LogP contribution in [0.3, 0.4) is 0 Å². The Kier molecular flexibility index (Phi) is 4.84. The molecule has 0 atom stereocenters. The van der Waals surface area contributed by atoms with Crippen molar-refractivity contribution in [2.45, 2.75) is 45.3 Å². The Labute approximate surface area is 149 Å². The van der Waals surface area contributed by atoms with Crippen molar-refractivity contribution >= 4 is 22.7 Å². The van der Waals surface area contributed by atoms with Crippen LogP contribution in [0.5, 0.6) is 0 Å². The van der Waals surface area contributed by atoms with E-state index in [9.17, 15) is 4.79 Å². The van der Waals surface area contributed by atoms with Crippen LogP contribution in [0.1, 0.15) is 33.6 Å². The Balaban J connectivity index is 1.62. The van der Waals surface area contributed by atoms with Gasteiger partial charge in [-0.2, -0.15) is 0 Å². The lowest BCUT2D eigenvalue weighted by Crippen LogP contribution is -2.47. The van der Waals surface area contributed by atoms with E-state index in [2.05, 4.69) is 35.1 Å². The number of carbonyl (C=O) groups excluding carboxylic acids is 1. The lowest BCUT2D eigenvalue weighted by atomic mass is 10.0. The third-order valence-corrected chi connectivity index (χ3v) is 4.64. The molecule has 1 aromatic carbocycles. The van der Waals surface area contributed by atoms with Gasteiger partial charge in [-0.05, 0) is 45.1 Å². The molecule has 5 heteroatoms. The van der Waals surface area contributed by atoms with Gasteiger partial charge in [-0.3, -0.25) is 0 Å². The van der Waals surface area contributed by atoms with E-state index in [4.69, 9.17) is 4.74 Å². The molecule has 25 heavy (non-hydrogen) atoms. The molecule has 1 aromatic heterocycles. The van der Waals surface area contributed by atoms with E-state index in [0.717, 1.165) is 37.1 Å². The second-order valence-electron chi connectivity index (χ2n) is 7.70. The molecule has 2 heterocycles. The minimum Gasteiger partial charge on any atom is -0.444 e. The highest BCUT2D eigenvalue weighted by atomic mass is 16.6. The van der Waals surface area contributed by atoms with Crippen molar-refractivity contribution < 1.29 is 9.53 Å². The highest BCUT2D eigenvalue weighted by Crippen LogP contribution is 2.24. The Morgan fingerprint density at radius 2 is 1.84 bits per heavy atom. The van der Waals surface area contributed by atoms with Crippen LogP contribution in [-0.4, -0.2) is 47.8 Å². The van der Waals surface area contributed by atoms with E-state index in [1.165, 1.54) is 5.39 Å². The van der Waals surface area contributed by atoms with Crippen molar-refractivity contribution in [1.29, 1.82) is 0 Å². The molecule has 1 aliphatic rings. The zero-order valence-corrected chi connectivity index (χ0v) is 15.5. The minimum absolute atomic E-state index is 0.211. The predicted octanol–water partition coefficient (Wildman–Crippen LogP) is 4.07. The first kappa shape index (κ1) is 17.5. The van der Waals surface area contributed by atoms with Crippen LogP contribution in [0.25, 0.3) is 10.8 Å². The Morgan fingerprint density at radius 1 is 1.20 bits per heavy atom. The van der Waals surface area contributed by atoms with Crippen LogP contribution >= 0.6 is 0 Å². The fourth-order valence-electron chi connectivity index (χ4n) is 3.21. The zero-order chi connectivity index (χ0) is 18.0. The first-order valence-corrected chi connectivity index (χ1v) is 8.89. The van der Waals surface area contributed by atoms with Crippen molar-refractivity contribution in [3.63, 3.8) is 0 Å². The third-order valence-electron chi connectivity index (χ3n) is 4.64. The Bertz CT molecular complexity index is 746. The van der Waals surface area contributed by atoms with E-state index in [1.807, 2.05) is 44.0 Å². The number of hydrogen-bond acceptors (Lipinski definition) is 4. The van der Waals surface area contributed by atoms with E-state index in [0.29, 0.717) is 6.04 Å². The summed E-state index contributed by atoms with van der Waals surface area (Å²) in [6.45, 7) is 7.14. The first-order valence-electron chi connectivity index (χ1n) is 8.89. The molecule has 2 aromatic rings. The van der Waals surface area contributed by atoms with Gasteiger partial charge in [-0.15, -0.1) is 0 Å². The molecule has 0 N–H and O–H groups in total. The van der Waals surface area contributed by atoms with Crippen LogP contribution in [0, 0.1) is 0 Å². The van der Waals surface area contributed by atoms with Crippen LogP contribution in [0.4, 0.5) is 10.6 Å². The molecular weight excluding hydrogens is 314 g/mol. The maximum atomic E-state index is 12.2. The van der Waals surface area contributed by atoms with Crippen LogP contribution in [-0.2, 0) is 4.74 Å². The average Bonchev–Trinajstić information content (AvgIpc) is 2.59. The van der Waals surface area contributed by atoms with E-state index < -0.39 is 5.60 Å². The topological polar surface area (TPSA) is 45.7 Å². The number of anilines is 1. The molecule has 1 saturated heterocycles. The molecule has 0 saturated carbocycles. The van der Waals surface area contributed by atoms with Gasteiger partial charge >= 0.3 is 6.09 Å². The van der Waals surface area contributed by atoms with Gasteiger partial charge in [-0.25, -0.2) is 9.78 Å². The molecule has 0 bridgehead atoms. The summed E-state index contributed by atoms with van der Waals surface area (Å²) in [5.74, 6) is 0.981. The number of hydrogen-bond donors (Lipinski definition) is 0. The van der Waals surface area contributed by atoms with E-state index in [-0.39, 0.29) is 6.09 Å². The Morgan fingerprint density at radius 3 is 2.48 bits per heavy atom. The molecular formula is C20H27N3O2. The first-order chi connectivity index (χ1) is 11.8. The summed E-state index contributed by atoms with van der Waals surface area (Å²) in [6.07, 6.45) is 3.56. The fourth-order valence-corrected chi connectivity index (χ4v) is 3.21. The summed E-state index contributed by atoms with van der Waals surface area (Å²) in [4.78, 5) is 20.8. The molecule has 0 radical (unpaired) electrons. The molecule has 3 rings (SSSR count). The molecule has 134 valence electrons. The molecule has 5 nitrogen and oxygen atoms in total. The summed E-state index contributed by atoms with van der Waals surface area (Å²) < 4.78 is 5.47. The van der Waals surface area contributed by atoms with Gasteiger partial charge in [0.2, 0.25) is 0 Å². The van der Waals surface area contributed by atoms with Gasteiger partial charge in [0.05, 0.1) is 0 Å². The van der Waals surface area contributed by atoms with Crippen molar-refractivity contribution in [2.75, 3.05) is 25.0 Å². The monoisotopic (exact) mass is 341 g/mol. The van der Waals surface area contributed by atoms with Crippen molar-refractivity contribution in [3.8, 4) is 0 Å². The minimum atomic E-state index is -0.445. The van der Waals surface area contributed by atoms with E-state index in [1.54, 1.807) is 0 Å². The highest BCUT2D eigenvalue weighted by molar-refractivity contribution is 5.83. The normalized spacial score (nSPS) is 16.1. The van der Waals surface area contributed by atoms with Gasteiger partial charge < -0.3 is 14.5 Å². The molecule has 1 aliphatic heterocycles. The van der Waals surface area contributed by atoms with Crippen LogP contribution in [0.2, 0.25) is 0 Å². The van der Waals surface area contributed by atoms with Crippen LogP contribution < -0.4 is 4.90 Å². The number of likely N-dealkylation sites (tertiary alicyclic amines) is 1. The van der Waals surface area contributed by atoms with Gasteiger partial charge in [0.1, 0.15) is 11.4 Å². The number of aromatic nitrogens is 1. The number of fused-ring (bicyclic) bond motifs is 1. The molecule has 0 spiro atoms. The van der Waals surface area contributed by atoms with Gasteiger partial charge in [0.15, 0.2) is 0 Å². The summed E-state index contributed by atoms with van der Waals surface area (Å²) in [7, 11) is 2.09. The molecule has 0 aliphatic carbocycles. The number of benzene rings is 1. The second-order valence-corrected chi connectivity index (χ2v) is 7.70. The zero-order valence-electron chi connectivity index (χ0n) is 15.5. The predicted molar refractivity (Wildman–Crippen MR) is 101 cm³/mol. The summed E-state index contributed by atoms with van der Waals surface area (Å²) in [5, 5.41) is 2.35. The number of ether oxygens (including phenoxy) is 1. The lowest BCUT2D eigenvalue weighted by Gasteiger charge is -2.37. The van der Waals surface area contributed by atoms with Crippen molar-refractivity contribution in [3.05, 3.63) is 36.5 Å². The maximum absolute atomic E-state index is 12.2. The summed E-state index contributed by atoms with van der Waals surface area (Å²) in [5.41, 5.74) is -0.445. The lowest BCUT2D eigenvalue weighted by molar-refractivity contribution is 0.0205. The molecule has 1 fully saturated rings. The number of nitrogens with zero attached hydrogens (tertiary/aromatic N) is 3. The number of rotatable bonds is 2. The van der Waals surface area contributed by atoms with Crippen molar-refractivity contribution in [1.82, 2.24) is 9.88 Å². The number of carbonyl (C=O) groups is 1. The number of amides is 1. The third kappa shape index (κ3) is 4.21. The molecule has 0 unspecified atom stereocenters. The standard InChI is InChI=1S/C20H27N3O2/c1-20(2,3)25-19(24)23-11-9-17(10-12-23)22(4)18-13-15-7-5-6-8-16(15)14-21-18/h5-8,13-14,17H,9-12H2,1-4H3. The molecule has 1 amide bonds. The summed E-state index contributed by atoms with van der Waals surface area (Å²) in [6, 6.07) is 10.8. The number of pyridine rings is 1. The van der Waals surface area contributed by atoms with Crippen molar-refractivity contribution in [2.24, 2.45) is 0 Å². The maximum Gasteiger partial charge on any atom is 0.410 e. The quantitative estimate of drug-likeness (QED) is 0.826. The van der Waals surface area contributed by atoms with E-state index >= 15 is 0 Å². The van der Waals surface area contributed by atoms with Crippen LogP contribution in [0.15, 0.2) is 36.5 Å². The summed E-state index contributed by atoms with van der Waals surface area (Å²) >= 11 is 0. The van der Waals surface area contributed by atoms with Gasteiger partial charge in [-0.1, -0.05) is 24.3 Å². The van der Waals surface area contributed by atoms with Gasteiger partial charge in [0, 0.05) is 37.8 Å². The smallest absolute Gasteiger partial charge is 0.410 e. The average molecular weight is 341 g/mol. The second kappa shape index (κ2) is 6.90. The Hall–Kier alpha value is -2.30. The highest BCUT2D eigenvalue weighted by Gasteiger charge is 2.28.